The molecule has 0 radical (unpaired) electrons. The van der Waals surface area contributed by atoms with Crippen LogP contribution in [0.1, 0.15) is 19.4 Å². The smallest absolute Gasteiger partial charge is 0.331 e. The summed E-state index contributed by atoms with van der Waals surface area (Å²) in [5.74, 6) is -0.931. The number of aliphatic carboxylic acids is 1. The number of carbonyl (C=O) groups is 1. The molecule has 1 aromatic carbocycles. The Morgan fingerprint density at radius 2 is 2.11 bits per heavy atom. The Balaban J connectivity index is 2.75. The van der Waals surface area contributed by atoms with E-state index in [2.05, 4.69) is 0 Å². The number of carboxylic acids is 1. The lowest BCUT2D eigenvalue weighted by molar-refractivity contribution is -0.132. The van der Waals surface area contributed by atoms with Gasteiger partial charge in [0.05, 0.1) is 0 Å². The van der Waals surface area contributed by atoms with E-state index in [4.69, 9.17) is 16.7 Å². The normalized spacial score (nSPS) is 12.1. The first-order valence-electron chi connectivity index (χ1n) is 5.74. The molecule has 1 aromatic heterocycles. The fourth-order valence-electron chi connectivity index (χ4n) is 2.02. The van der Waals surface area contributed by atoms with Gasteiger partial charge >= 0.3 is 5.97 Å². The number of nitrogens with zero attached hydrogens (tertiary/aromatic N) is 1. The number of carboxylic acid groups (broad SMARTS) is 1. The molecule has 94 valence electrons. The predicted octanol–water partition coefficient (Wildman–Crippen LogP) is 3.80. The van der Waals surface area contributed by atoms with E-state index in [-0.39, 0.29) is 5.57 Å². The van der Waals surface area contributed by atoms with E-state index in [1.54, 1.807) is 13.0 Å². The molecule has 0 aliphatic rings. The molecule has 0 unspecified atom stereocenters. The SMILES string of the molecule is CCn1c(Cl)c(/C=C(\C)C(=O)O)c2ccccc21. The average molecular weight is 264 g/mol. The number of aromatic nitrogens is 1. The molecule has 0 atom stereocenters. The third-order valence-electron chi connectivity index (χ3n) is 2.96. The summed E-state index contributed by atoms with van der Waals surface area (Å²) in [6, 6.07) is 7.81. The minimum Gasteiger partial charge on any atom is -0.478 e. The minimum atomic E-state index is -0.931. The number of hydrogen-bond acceptors (Lipinski definition) is 1. The largest absolute Gasteiger partial charge is 0.478 e. The van der Waals surface area contributed by atoms with Gasteiger partial charge < -0.3 is 9.67 Å². The van der Waals surface area contributed by atoms with Gasteiger partial charge in [-0.2, -0.15) is 0 Å². The van der Waals surface area contributed by atoms with Crippen LogP contribution >= 0.6 is 11.6 Å². The Bertz CT molecular complexity index is 641. The zero-order valence-electron chi connectivity index (χ0n) is 10.3. The molecule has 0 fully saturated rings. The van der Waals surface area contributed by atoms with Crippen LogP contribution in [0, 0.1) is 0 Å². The van der Waals surface area contributed by atoms with Gasteiger partial charge in [-0.1, -0.05) is 29.8 Å². The van der Waals surface area contributed by atoms with E-state index >= 15 is 0 Å². The molecule has 0 saturated carbocycles. The molecule has 0 aliphatic heterocycles. The molecule has 2 aromatic rings. The van der Waals surface area contributed by atoms with Gasteiger partial charge in [-0.15, -0.1) is 0 Å². The summed E-state index contributed by atoms with van der Waals surface area (Å²) in [5.41, 5.74) is 2.07. The highest BCUT2D eigenvalue weighted by atomic mass is 35.5. The maximum atomic E-state index is 10.9. The zero-order valence-corrected chi connectivity index (χ0v) is 11.0. The Morgan fingerprint density at radius 3 is 2.72 bits per heavy atom. The zero-order chi connectivity index (χ0) is 13.3. The summed E-state index contributed by atoms with van der Waals surface area (Å²) in [4.78, 5) is 10.9. The third kappa shape index (κ3) is 2.02. The lowest BCUT2D eigenvalue weighted by Crippen LogP contribution is -1.96. The summed E-state index contributed by atoms with van der Waals surface area (Å²) in [6.07, 6.45) is 1.62. The highest BCUT2D eigenvalue weighted by Crippen LogP contribution is 2.31. The fraction of sp³-hybridized carbons (Fsp3) is 0.214. The number of rotatable bonds is 3. The van der Waals surface area contributed by atoms with Crippen molar-refractivity contribution in [1.82, 2.24) is 4.57 Å². The molecule has 2 rings (SSSR count). The molecule has 0 spiro atoms. The van der Waals surface area contributed by atoms with Gasteiger partial charge in [-0.3, -0.25) is 0 Å². The number of fused-ring (bicyclic) bond motifs is 1. The molecular formula is C14H14ClNO2. The van der Waals surface area contributed by atoms with Crippen molar-refractivity contribution >= 4 is 34.5 Å². The van der Waals surface area contributed by atoms with Gasteiger partial charge in [0.25, 0.3) is 0 Å². The molecule has 4 heteroatoms. The highest BCUT2D eigenvalue weighted by molar-refractivity contribution is 6.33. The van der Waals surface area contributed by atoms with E-state index in [0.717, 1.165) is 23.0 Å². The van der Waals surface area contributed by atoms with Gasteiger partial charge in [0, 0.05) is 28.6 Å². The van der Waals surface area contributed by atoms with Crippen molar-refractivity contribution in [2.75, 3.05) is 0 Å². The number of halogens is 1. The van der Waals surface area contributed by atoms with Crippen molar-refractivity contribution in [2.45, 2.75) is 20.4 Å². The number of para-hydroxylation sites is 1. The van der Waals surface area contributed by atoms with Crippen LogP contribution in [0.3, 0.4) is 0 Å². The molecular weight excluding hydrogens is 250 g/mol. The maximum Gasteiger partial charge on any atom is 0.331 e. The second-order valence-electron chi connectivity index (χ2n) is 4.10. The summed E-state index contributed by atoms with van der Waals surface area (Å²) in [5, 5.41) is 10.5. The second-order valence-corrected chi connectivity index (χ2v) is 4.46. The van der Waals surface area contributed by atoms with E-state index in [0.29, 0.717) is 5.15 Å². The molecule has 0 amide bonds. The summed E-state index contributed by atoms with van der Waals surface area (Å²) >= 11 is 6.33. The Kier molecular flexibility index (Phi) is 3.43. The molecule has 3 nitrogen and oxygen atoms in total. The number of benzene rings is 1. The second kappa shape index (κ2) is 4.86. The monoisotopic (exact) mass is 263 g/mol. The lowest BCUT2D eigenvalue weighted by atomic mass is 10.1. The van der Waals surface area contributed by atoms with Crippen LogP contribution in [-0.4, -0.2) is 15.6 Å². The lowest BCUT2D eigenvalue weighted by Gasteiger charge is -2.01. The van der Waals surface area contributed by atoms with E-state index < -0.39 is 5.97 Å². The summed E-state index contributed by atoms with van der Waals surface area (Å²) < 4.78 is 1.97. The van der Waals surface area contributed by atoms with Gasteiger partial charge in [0.1, 0.15) is 5.15 Å². The first-order chi connectivity index (χ1) is 8.56. The van der Waals surface area contributed by atoms with Gasteiger partial charge in [0.15, 0.2) is 0 Å². The summed E-state index contributed by atoms with van der Waals surface area (Å²) in [6.45, 7) is 4.33. The average Bonchev–Trinajstić information content (AvgIpc) is 2.62. The van der Waals surface area contributed by atoms with Crippen molar-refractivity contribution in [1.29, 1.82) is 0 Å². The standard InChI is InChI=1S/C14H14ClNO2/c1-3-16-12-7-5-4-6-10(12)11(13(16)15)8-9(2)14(17)18/h4-8H,3H2,1-2H3,(H,17,18)/b9-8+. The van der Waals surface area contributed by atoms with Crippen LogP contribution in [0.2, 0.25) is 5.15 Å². The topological polar surface area (TPSA) is 42.2 Å². The first kappa shape index (κ1) is 12.7. The van der Waals surface area contributed by atoms with Crippen molar-refractivity contribution in [2.24, 2.45) is 0 Å². The molecule has 1 N–H and O–H groups in total. The van der Waals surface area contributed by atoms with Crippen LogP contribution in [0.4, 0.5) is 0 Å². The van der Waals surface area contributed by atoms with Crippen LogP contribution < -0.4 is 0 Å². The van der Waals surface area contributed by atoms with Crippen molar-refractivity contribution < 1.29 is 9.90 Å². The Hall–Kier alpha value is -1.74. The summed E-state index contributed by atoms with van der Waals surface area (Å²) in [7, 11) is 0. The van der Waals surface area contributed by atoms with Gasteiger partial charge in [0.2, 0.25) is 0 Å². The van der Waals surface area contributed by atoms with Crippen molar-refractivity contribution in [3.63, 3.8) is 0 Å². The van der Waals surface area contributed by atoms with Crippen LogP contribution in [0.15, 0.2) is 29.8 Å². The maximum absolute atomic E-state index is 10.9. The fourth-order valence-corrected chi connectivity index (χ4v) is 2.39. The van der Waals surface area contributed by atoms with Crippen molar-refractivity contribution in [3.8, 4) is 0 Å². The third-order valence-corrected chi connectivity index (χ3v) is 3.37. The number of hydrogen-bond donors (Lipinski definition) is 1. The molecule has 0 aliphatic carbocycles. The molecule has 0 bridgehead atoms. The number of aryl methyl sites for hydroxylation is 1. The molecule has 0 saturated heterocycles. The van der Waals surface area contributed by atoms with Crippen LogP contribution in [0.25, 0.3) is 17.0 Å². The highest BCUT2D eigenvalue weighted by Gasteiger charge is 2.13. The quantitative estimate of drug-likeness (QED) is 0.856. The van der Waals surface area contributed by atoms with Crippen LogP contribution in [0.5, 0.6) is 0 Å². The van der Waals surface area contributed by atoms with Crippen molar-refractivity contribution in [3.05, 3.63) is 40.6 Å². The molecule has 18 heavy (non-hydrogen) atoms. The minimum absolute atomic E-state index is 0.274. The van der Waals surface area contributed by atoms with Gasteiger partial charge in [-0.05, 0) is 26.0 Å². The Labute approximate surface area is 110 Å². The molecule has 1 heterocycles. The van der Waals surface area contributed by atoms with E-state index in [1.807, 2.05) is 35.8 Å². The predicted molar refractivity (Wildman–Crippen MR) is 73.9 cm³/mol. The van der Waals surface area contributed by atoms with Crippen LogP contribution in [-0.2, 0) is 11.3 Å². The van der Waals surface area contributed by atoms with Gasteiger partial charge in [-0.25, -0.2) is 4.79 Å². The Morgan fingerprint density at radius 1 is 1.44 bits per heavy atom. The van der Waals surface area contributed by atoms with E-state index in [9.17, 15) is 4.79 Å². The van der Waals surface area contributed by atoms with E-state index in [1.165, 1.54) is 0 Å². The first-order valence-corrected chi connectivity index (χ1v) is 6.12.